The molecule has 2 aliphatic heterocycles. The van der Waals surface area contributed by atoms with Gasteiger partial charge in [-0.15, -0.1) is 0 Å². The van der Waals surface area contributed by atoms with Gasteiger partial charge in [-0.1, -0.05) is 36.1 Å². The van der Waals surface area contributed by atoms with E-state index in [1.54, 1.807) is 6.92 Å². The Kier molecular flexibility index (Phi) is 4.87. The van der Waals surface area contributed by atoms with Crippen LogP contribution in [0.4, 0.5) is 11.4 Å². The van der Waals surface area contributed by atoms with E-state index in [0.29, 0.717) is 5.92 Å². The molecule has 1 amide bonds. The standard InChI is InChI=1S/C23H25N3O/c1-17-15-25(22-5-3-4-6-23(22)26(17)18(2)27)16-20-10-7-19(8-11-20)9-12-21-13-24-14-21/h3-8,10-11,17,21,24H,13-16H2,1-2H3/t17-/m0/s1. The number of anilines is 2. The molecule has 2 aromatic rings. The van der Waals surface area contributed by atoms with E-state index in [1.165, 1.54) is 5.56 Å². The maximum atomic E-state index is 12.1. The summed E-state index contributed by atoms with van der Waals surface area (Å²) in [6.45, 7) is 7.42. The molecule has 0 unspecified atom stereocenters. The molecule has 1 fully saturated rings. The van der Waals surface area contributed by atoms with E-state index in [4.69, 9.17) is 0 Å². The number of nitrogens with one attached hydrogen (secondary N) is 1. The number of fused-ring (bicyclic) bond motifs is 1. The van der Waals surface area contributed by atoms with Crippen LogP contribution in [0.1, 0.15) is 25.0 Å². The average molecular weight is 359 g/mol. The van der Waals surface area contributed by atoms with Crippen LogP contribution in [0.5, 0.6) is 0 Å². The Morgan fingerprint density at radius 2 is 1.81 bits per heavy atom. The SMILES string of the molecule is CC(=O)N1c2ccccc2N(Cc2ccc(C#CC3CNC3)cc2)C[C@@H]1C. The van der Waals surface area contributed by atoms with Crippen molar-refractivity contribution in [1.82, 2.24) is 5.32 Å². The molecule has 1 N–H and O–H groups in total. The first-order valence-corrected chi connectivity index (χ1v) is 9.57. The highest BCUT2D eigenvalue weighted by atomic mass is 16.2. The zero-order valence-electron chi connectivity index (χ0n) is 15.9. The first kappa shape index (κ1) is 17.6. The molecule has 0 bridgehead atoms. The molecule has 1 saturated heterocycles. The average Bonchev–Trinajstić information content (AvgIpc) is 2.61. The fourth-order valence-corrected chi connectivity index (χ4v) is 3.79. The Bertz CT molecular complexity index is 890. The third-order valence-corrected chi connectivity index (χ3v) is 5.28. The molecule has 2 aliphatic rings. The second-order valence-corrected chi connectivity index (χ2v) is 7.43. The van der Waals surface area contributed by atoms with E-state index in [2.05, 4.69) is 59.3 Å². The zero-order valence-corrected chi connectivity index (χ0v) is 15.9. The summed E-state index contributed by atoms with van der Waals surface area (Å²) in [5.74, 6) is 7.18. The number of hydrogen-bond donors (Lipinski definition) is 1. The molecule has 2 aromatic carbocycles. The Hall–Kier alpha value is -2.77. The van der Waals surface area contributed by atoms with Crippen LogP contribution in [0.3, 0.4) is 0 Å². The number of amides is 1. The topological polar surface area (TPSA) is 35.6 Å². The fourth-order valence-electron chi connectivity index (χ4n) is 3.79. The van der Waals surface area contributed by atoms with Gasteiger partial charge in [0.05, 0.1) is 17.4 Å². The first-order chi connectivity index (χ1) is 13.1. The van der Waals surface area contributed by atoms with Crippen molar-refractivity contribution in [3.63, 3.8) is 0 Å². The van der Waals surface area contributed by atoms with Gasteiger partial charge in [0.25, 0.3) is 0 Å². The number of hydrogen-bond acceptors (Lipinski definition) is 3. The Balaban J connectivity index is 1.52. The van der Waals surface area contributed by atoms with Crippen LogP contribution in [-0.4, -0.2) is 31.6 Å². The van der Waals surface area contributed by atoms with Gasteiger partial charge in [0.2, 0.25) is 5.91 Å². The molecule has 0 radical (unpaired) electrons. The summed E-state index contributed by atoms with van der Waals surface area (Å²) < 4.78 is 0. The number of rotatable bonds is 2. The van der Waals surface area contributed by atoms with Crippen molar-refractivity contribution in [2.24, 2.45) is 5.92 Å². The molecule has 4 heteroatoms. The Labute approximate surface area is 161 Å². The van der Waals surface area contributed by atoms with Crippen LogP contribution < -0.4 is 15.1 Å². The summed E-state index contributed by atoms with van der Waals surface area (Å²) in [4.78, 5) is 16.4. The highest BCUT2D eigenvalue weighted by Gasteiger charge is 2.30. The van der Waals surface area contributed by atoms with Crippen LogP contribution >= 0.6 is 0 Å². The molecule has 27 heavy (non-hydrogen) atoms. The van der Waals surface area contributed by atoms with Gasteiger partial charge in [-0.05, 0) is 36.8 Å². The van der Waals surface area contributed by atoms with Crippen LogP contribution in [0.25, 0.3) is 0 Å². The molecule has 0 aliphatic carbocycles. The van der Waals surface area contributed by atoms with E-state index in [9.17, 15) is 4.79 Å². The van der Waals surface area contributed by atoms with E-state index in [1.807, 2.05) is 23.1 Å². The number of benzene rings is 2. The summed E-state index contributed by atoms with van der Waals surface area (Å²) in [5, 5.41) is 3.24. The summed E-state index contributed by atoms with van der Waals surface area (Å²) in [7, 11) is 0. The van der Waals surface area contributed by atoms with Gasteiger partial charge < -0.3 is 15.1 Å². The molecule has 2 heterocycles. The molecule has 0 spiro atoms. The number of para-hydroxylation sites is 2. The van der Waals surface area contributed by atoms with Crippen LogP contribution in [0, 0.1) is 17.8 Å². The number of carbonyl (C=O) groups is 1. The molecule has 0 aromatic heterocycles. The highest BCUT2D eigenvalue weighted by Crippen LogP contribution is 2.36. The maximum absolute atomic E-state index is 12.1. The summed E-state index contributed by atoms with van der Waals surface area (Å²) in [6, 6.07) is 16.9. The molecule has 1 atom stereocenters. The van der Waals surface area contributed by atoms with Crippen LogP contribution in [0.2, 0.25) is 0 Å². The molecule has 0 saturated carbocycles. The smallest absolute Gasteiger partial charge is 0.224 e. The van der Waals surface area contributed by atoms with E-state index in [0.717, 1.165) is 43.1 Å². The van der Waals surface area contributed by atoms with E-state index < -0.39 is 0 Å². The van der Waals surface area contributed by atoms with Gasteiger partial charge in [-0.3, -0.25) is 4.79 Å². The van der Waals surface area contributed by atoms with Crippen molar-refractivity contribution in [2.45, 2.75) is 26.4 Å². The lowest BCUT2D eigenvalue weighted by molar-refractivity contribution is -0.117. The van der Waals surface area contributed by atoms with Crippen molar-refractivity contribution in [3.05, 3.63) is 59.7 Å². The largest absolute Gasteiger partial charge is 0.363 e. The van der Waals surface area contributed by atoms with Gasteiger partial charge in [-0.25, -0.2) is 0 Å². The van der Waals surface area contributed by atoms with Crippen LogP contribution in [-0.2, 0) is 11.3 Å². The first-order valence-electron chi connectivity index (χ1n) is 9.57. The van der Waals surface area contributed by atoms with E-state index in [-0.39, 0.29) is 11.9 Å². The summed E-state index contributed by atoms with van der Waals surface area (Å²) >= 11 is 0. The minimum absolute atomic E-state index is 0.0965. The third-order valence-electron chi connectivity index (χ3n) is 5.28. The van der Waals surface area contributed by atoms with Crippen molar-refractivity contribution in [3.8, 4) is 11.8 Å². The van der Waals surface area contributed by atoms with E-state index >= 15 is 0 Å². The monoisotopic (exact) mass is 359 g/mol. The second kappa shape index (κ2) is 7.46. The van der Waals surface area contributed by atoms with Gasteiger partial charge >= 0.3 is 0 Å². The highest BCUT2D eigenvalue weighted by molar-refractivity contribution is 5.97. The van der Waals surface area contributed by atoms with Gasteiger partial charge in [0.1, 0.15) is 0 Å². The normalized spacial score (nSPS) is 19.0. The fraction of sp³-hybridized carbons (Fsp3) is 0.348. The lowest BCUT2D eigenvalue weighted by atomic mass is 10.0. The minimum Gasteiger partial charge on any atom is -0.363 e. The Morgan fingerprint density at radius 1 is 1.11 bits per heavy atom. The lowest BCUT2D eigenvalue weighted by Crippen LogP contribution is -2.49. The Morgan fingerprint density at radius 3 is 2.44 bits per heavy atom. The number of carbonyl (C=O) groups excluding carboxylic acids is 1. The molecule has 4 nitrogen and oxygen atoms in total. The van der Waals surface area contributed by atoms with Gasteiger partial charge in [0, 0.05) is 44.6 Å². The lowest BCUT2D eigenvalue weighted by Gasteiger charge is -2.41. The number of nitrogens with zero attached hydrogens (tertiary/aromatic N) is 2. The van der Waals surface area contributed by atoms with Crippen molar-refractivity contribution < 1.29 is 4.79 Å². The summed E-state index contributed by atoms with van der Waals surface area (Å²) in [6.07, 6.45) is 0. The third kappa shape index (κ3) is 3.70. The van der Waals surface area contributed by atoms with Gasteiger partial charge in [0.15, 0.2) is 0 Å². The second-order valence-electron chi connectivity index (χ2n) is 7.43. The minimum atomic E-state index is 0.0965. The molecular weight excluding hydrogens is 334 g/mol. The molecule has 138 valence electrons. The zero-order chi connectivity index (χ0) is 18.8. The van der Waals surface area contributed by atoms with Crippen molar-refractivity contribution in [2.75, 3.05) is 29.4 Å². The molecule has 4 rings (SSSR count). The quantitative estimate of drug-likeness (QED) is 0.838. The van der Waals surface area contributed by atoms with Crippen molar-refractivity contribution >= 4 is 17.3 Å². The predicted molar refractivity (Wildman–Crippen MR) is 110 cm³/mol. The van der Waals surface area contributed by atoms with Crippen molar-refractivity contribution in [1.29, 1.82) is 0 Å². The summed E-state index contributed by atoms with van der Waals surface area (Å²) in [5.41, 5.74) is 4.44. The van der Waals surface area contributed by atoms with Crippen LogP contribution in [0.15, 0.2) is 48.5 Å². The maximum Gasteiger partial charge on any atom is 0.224 e. The van der Waals surface area contributed by atoms with Gasteiger partial charge in [-0.2, -0.15) is 0 Å². The molecular formula is C23H25N3O. The predicted octanol–water partition coefficient (Wildman–Crippen LogP) is 3.02.